The Balaban J connectivity index is 1.52. The third kappa shape index (κ3) is 4.28. The van der Waals surface area contributed by atoms with Crippen LogP contribution in [-0.4, -0.2) is 77.2 Å². The number of carbonyl (C=O) groups excluding carboxylic acids is 2. The predicted octanol–water partition coefficient (Wildman–Crippen LogP) is 1.97. The second-order valence-electron chi connectivity index (χ2n) is 9.82. The molecule has 30 heavy (non-hydrogen) atoms. The quantitative estimate of drug-likeness (QED) is 0.704. The van der Waals surface area contributed by atoms with Crippen LogP contribution in [0, 0.1) is 29.1 Å². The summed E-state index contributed by atoms with van der Waals surface area (Å²) < 4.78 is 5.58. The summed E-state index contributed by atoms with van der Waals surface area (Å²) in [4.78, 5) is 30.0. The lowest BCUT2D eigenvalue weighted by atomic mass is 9.73. The van der Waals surface area contributed by atoms with Gasteiger partial charge in [0.1, 0.15) is 6.54 Å². The van der Waals surface area contributed by atoms with Crippen LogP contribution < -0.4 is 5.43 Å². The number of nitrogens with one attached hydrogen (secondary N) is 1. The summed E-state index contributed by atoms with van der Waals surface area (Å²) in [6.45, 7) is 8.50. The minimum atomic E-state index is -0.248. The summed E-state index contributed by atoms with van der Waals surface area (Å²) in [6.07, 6.45) is 4.48. The molecule has 2 aliphatic carbocycles. The second-order valence-corrected chi connectivity index (χ2v) is 9.82. The molecule has 1 N–H and O–H groups in total. The predicted molar refractivity (Wildman–Crippen MR) is 111 cm³/mol. The fraction of sp³-hybridized carbons (Fsp3) is 0.864. The number of fused-ring (bicyclic) bond motifs is 1. The summed E-state index contributed by atoms with van der Waals surface area (Å²) in [6, 6.07) is 2.33. The summed E-state index contributed by atoms with van der Waals surface area (Å²) in [5, 5.41) is 11.0. The van der Waals surface area contributed by atoms with Gasteiger partial charge in [-0.1, -0.05) is 0 Å². The first kappa shape index (κ1) is 21.4. The summed E-state index contributed by atoms with van der Waals surface area (Å²) in [7, 11) is 0. The highest BCUT2D eigenvalue weighted by Gasteiger charge is 2.50. The van der Waals surface area contributed by atoms with Crippen molar-refractivity contribution in [3.63, 3.8) is 0 Å². The van der Waals surface area contributed by atoms with Crippen molar-refractivity contribution < 1.29 is 14.3 Å². The number of rotatable bonds is 4. The van der Waals surface area contributed by atoms with Crippen LogP contribution in [0.2, 0.25) is 0 Å². The van der Waals surface area contributed by atoms with Gasteiger partial charge >= 0.3 is 6.09 Å². The van der Waals surface area contributed by atoms with Crippen LogP contribution in [-0.2, 0) is 9.53 Å². The van der Waals surface area contributed by atoms with Gasteiger partial charge in [0.15, 0.2) is 0 Å². The van der Waals surface area contributed by atoms with Crippen molar-refractivity contribution in [3.8, 4) is 6.07 Å². The van der Waals surface area contributed by atoms with Gasteiger partial charge in [0.25, 0.3) is 0 Å². The van der Waals surface area contributed by atoms with Gasteiger partial charge in [-0.05, 0) is 64.7 Å². The van der Waals surface area contributed by atoms with Crippen LogP contribution in [0.25, 0.3) is 0 Å². The van der Waals surface area contributed by atoms with E-state index in [0.29, 0.717) is 24.9 Å². The van der Waals surface area contributed by atoms with E-state index in [1.54, 1.807) is 0 Å². The van der Waals surface area contributed by atoms with Crippen LogP contribution in [0.3, 0.4) is 0 Å². The van der Waals surface area contributed by atoms with Gasteiger partial charge in [0, 0.05) is 31.6 Å². The molecule has 4 rings (SSSR count). The Morgan fingerprint density at radius 2 is 1.90 bits per heavy atom. The standard InChI is InChI=1S/C22H35N5O3/c1-14(2)30-22(29)26-12-15(3)27(21(28)16-4-5-16)19-7-6-17(10-20(19)26)18-11-24-25(13-18)9-8-23/h14-20,24H,4-7,9-13H2,1-3H3/t15-,17?,18?,19?,20?/m0/s1. The minimum Gasteiger partial charge on any atom is -0.447 e. The monoisotopic (exact) mass is 417 g/mol. The molecule has 0 aromatic heterocycles. The molecule has 0 aromatic carbocycles. The molecule has 4 aliphatic rings. The molecule has 2 amide bonds. The molecular weight excluding hydrogens is 382 g/mol. The van der Waals surface area contributed by atoms with Crippen molar-refractivity contribution in [2.24, 2.45) is 17.8 Å². The molecule has 0 radical (unpaired) electrons. The molecule has 2 saturated heterocycles. The summed E-state index contributed by atoms with van der Waals surface area (Å²) >= 11 is 0. The molecule has 166 valence electrons. The number of hydrogen-bond donors (Lipinski definition) is 1. The van der Waals surface area contributed by atoms with Crippen molar-refractivity contribution in [1.82, 2.24) is 20.2 Å². The maximum atomic E-state index is 13.1. The van der Waals surface area contributed by atoms with Gasteiger partial charge in [0.05, 0.1) is 24.3 Å². The molecule has 2 saturated carbocycles. The van der Waals surface area contributed by atoms with E-state index in [4.69, 9.17) is 10.00 Å². The molecule has 2 heterocycles. The van der Waals surface area contributed by atoms with E-state index in [-0.39, 0.29) is 42.1 Å². The molecule has 4 unspecified atom stereocenters. The Kier molecular flexibility index (Phi) is 6.21. The minimum absolute atomic E-state index is 0.0129. The van der Waals surface area contributed by atoms with Crippen molar-refractivity contribution >= 4 is 12.0 Å². The van der Waals surface area contributed by atoms with Gasteiger partial charge < -0.3 is 14.5 Å². The highest BCUT2D eigenvalue weighted by molar-refractivity contribution is 5.82. The third-order valence-corrected chi connectivity index (χ3v) is 7.23. The zero-order chi connectivity index (χ0) is 21.4. The fourth-order valence-electron chi connectivity index (χ4n) is 5.67. The topological polar surface area (TPSA) is 88.9 Å². The Morgan fingerprint density at radius 1 is 1.13 bits per heavy atom. The van der Waals surface area contributed by atoms with Crippen molar-refractivity contribution in [2.45, 2.75) is 77.1 Å². The first-order chi connectivity index (χ1) is 14.4. The van der Waals surface area contributed by atoms with Crippen molar-refractivity contribution in [1.29, 1.82) is 5.26 Å². The summed E-state index contributed by atoms with van der Waals surface area (Å²) in [5.41, 5.74) is 3.34. The number of hydrazine groups is 1. The first-order valence-corrected chi connectivity index (χ1v) is 11.5. The van der Waals surface area contributed by atoms with Gasteiger partial charge in [-0.15, -0.1) is 0 Å². The molecule has 5 atom stereocenters. The molecular formula is C22H35N5O3. The molecule has 0 aromatic rings. The van der Waals surface area contributed by atoms with E-state index < -0.39 is 0 Å². The number of hydrogen-bond acceptors (Lipinski definition) is 6. The maximum Gasteiger partial charge on any atom is 0.410 e. The zero-order valence-electron chi connectivity index (χ0n) is 18.4. The SMILES string of the molecule is CC(C)OC(=O)N1C[C@H](C)N(C(=O)C2CC2)C2CCC(C3CNN(CC#N)C3)CC21. The number of carbonyl (C=O) groups is 2. The lowest BCUT2D eigenvalue weighted by molar-refractivity contribution is -0.146. The third-order valence-electron chi connectivity index (χ3n) is 7.23. The number of amides is 2. The Labute approximate surface area is 179 Å². The summed E-state index contributed by atoms with van der Waals surface area (Å²) in [5.74, 6) is 1.42. The smallest absolute Gasteiger partial charge is 0.410 e. The Bertz CT molecular complexity index is 703. The lowest BCUT2D eigenvalue weighted by Crippen LogP contribution is -2.67. The number of nitriles is 1. The van der Waals surface area contributed by atoms with E-state index in [1.807, 2.05) is 23.8 Å². The first-order valence-electron chi connectivity index (χ1n) is 11.5. The van der Waals surface area contributed by atoms with E-state index in [2.05, 4.69) is 23.3 Å². The second kappa shape index (κ2) is 8.72. The average Bonchev–Trinajstić information content (AvgIpc) is 3.45. The maximum absolute atomic E-state index is 13.1. The van der Waals surface area contributed by atoms with Gasteiger partial charge in [-0.3, -0.25) is 10.2 Å². The van der Waals surface area contributed by atoms with E-state index in [1.165, 1.54) is 0 Å². The Morgan fingerprint density at radius 3 is 2.57 bits per heavy atom. The number of nitrogens with zero attached hydrogens (tertiary/aromatic N) is 4. The number of ether oxygens (including phenoxy) is 1. The highest BCUT2D eigenvalue weighted by Crippen LogP contribution is 2.42. The zero-order valence-corrected chi connectivity index (χ0v) is 18.4. The van der Waals surface area contributed by atoms with E-state index in [9.17, 15) is 9.59 Å². The van der Waals surface area contributed by atoms with Crippen LogP contribution in [0.4, 0.5) is 4.79 Å². The average molecular weight is 418 g/mol. The normalized spacial score (nSPS) is 34.6. The van der Waals surface area contributed by atoms with Crippen molar-refractivity contribution in [3.05, 3.63) is 0 Å². The number of piperazine rings is 1. The molecule has 8 nitrogen and oxygen atoms in total. The lowest BCUT2D eigenvalue weighted by Gasteiger charge is -2.54. The molecule has 2 aliphatic heterocycles. The fourth-order valence-corrected chi connectivity index (χ4v) is 5.67. The van der Waals surface area contributed by atoms with Crippen LogP contribution in [0.15, 0.2) is 0 Å². The van der Waals surface area contributed by atoms with Gasteiger partial charge in [0.2, 0.25) is 5.91 Å². The molecule has 4 fully saturated rings. The van der Waals surface area contributed by atoms with Crippen LogP contribution in [0.1, 0.15) is 52.9 Å². The van der Waals surface area contributed by atoms with Gasteiger partial charge in [-0.25, -0.2) is 9.80 Å². The van der Waals surface area contributed by atoms with Crippen molar-refractivity contribution in [2.75, 3.05) is 26.2 Å². The Hall–Kier alpha value is -1.85. The largest absolute Gasteiger partial charge is 0.447 e. The van der Waals surface area contributed by atoms with E-state index >= 15 is 0 Å². The molecule has 0 spiro atoms. The van der Waals surface area contributed by atoms with Crippen LogP contribution >= 0.6 is 0 Å². The highest BCUT2D eigenvalue weighted by atomic mass is 16.6. The van der Waals surface area contributed by atoms with E-state index in [0.717, 1.165) is 45.2 Å². The molecule has 0 bridgehead atoms. The van der Waals surface area contributed by atoms with Crippen LogP contribution in [0.5, 0.6) is 0 Å². The molecule has 8 heteroatoms. The van der Waals surface area contributed by atoms with Gasteiger partial charge in [-0.2, -0.15) is 5.26 Å².